The van der Waals surface area contributed by atoms with Crippen LogP contribution in [0.4, 0.5) is 4.79 Å². The zero-order chi connectivity index (χ0) is 20.6. The van der Waals surface area contributed by atoms with Gasteiger partial charge in [-0.25, -0.2) is 14.3 Å². The van der Waals surface area contributed by atoms with Crippen LogP contribution in [0.5, 0.6) is 0 Å². The standard InChI is InChI=1S/C20H21IN4O3/c1-20(2,3)28-19(27)25-11-16(21)15-7-13(10-23-17(15)25)12-6-14(9-22-8-12)18(26)24(4)5/h6-11H,1-5H3. The summed E-state index contributed by atoms with van der Waals surface area (Å²) in [7, 11) is 3.40. The molecule has 3 aromatic heterocycles. The first-order chi connectivity index (χ1) is 13.1. The molecule has 1 amide bonds. The number of halogens is 1. The van der Waals surface area contributed by atoms with Crippen LogP contribution in [-0.2, 0) is 4.74 Å². The first-order valence-corrected chi connectivity index (χ1v) is 9.72. The quantitative estimate of drug-likeness (QED) is 0.502. The van der Waals surface area contributed by atoms with E-state index in [4.69, 9.17) is 4.74 Å². The van der Waals surface area contributed by atoms with Crippen molar-refractivity contribution in [3.63, 3.8) is 0 Å². The van der Waals surface area contributed by atoms with Gasteiger partial charge in [-0.1, -0.05) is 0 Å². The SMILES string of the molecule is CN(C)C(=O)c1cncc(-c2cnc3c(c2)c(I)cn3C(=O)OC(C)(C)C)c1. The zero-order valence-corrected chi connectivity index (χ0v) is 18.5. The van der Waals surface area contributed by atoms with E-state index in [0.717, 1.165) is 20.1 Å². The van der Waals surface area contributed by atoms with Crippen LogP contribution in [0.2, 0.25) is 0 Å². The topological polar surface area (TPSA) is 77.3 Å². The fourth-order valence-electron chi connectivity index (χ4n) is 2.65. The molecule has 3 heterocycles. The van der Waals surface area contributed by atoms with Crippen LogP contribution in [0.3, 0.4) is 0 Å². The van der Waals surface area contributed by atoms with Crippen LogP contribution in [0.25, 0.3) is 22.2 Å². The summed E-state index contributed by atoms with van der Waals surface area (Å²) in [4.78, 5) is 34.8. The third-order valence-electron chi connectivity index (χ3n) is 3.91. The molecule has 0 atom stereocenters. The summed E-state index contributed by atoms with van der Waals surface area (Å²) in [6.07, 6.45) is 6.13. The molecule has 0 aliphatic heterocycles. The molecular formula is C20H21IN4O3. The van der Waals surface area contributed by atoms with E-state index in [0.29, 0.717) is 11.2 Å². The van der Waals surface area contributed by atoms with Crippen LogP contribution in [0, 0.1) is 3.57 Å². The molecule has 28 heavy (non-hydrogen) atoms. The van der Waals surface area contributed by atoms with E-state index >= 15 is 0 Å². The Hall–Kier alpha value is -2.49. The monoisotopic (exact) mass is 492 g/mol. The fourth-order valence-corrected chi connectivity index (χ4v) is 3.33. The number of carbonyl (C=O) groups is 2. The van der Waals surface area contributed by atoms with Crippen LogP contribution in [-0.4, -0.2) is 51.1 Å². The fraction of sp³-hybridized carbons (Fsp3) is 0.300. The van der Waals surface area contributed by atoms with Crippen LogP contribution in [0.1, 0.15) is 31.1 Å². The molecule has 0 bridgehead atoms. The third kappa shape index (κ3) is 4.16. The van der Waals surface area contributed by atoms with Crippen molar-refractivity contribution in [2.45, 2.75) is 26.4 Å². The van der Waals surface area contributed by atoms with Gasteiger partial charge in [0.25, 0.3) is 5.91 Å². The highest BCUT2D eigenvalue weighted by Gasteiger charge is 2.21. The smallest absolute Gasteiger partial charge is 0.420 e. The molecule has 0 spiro atoms. The van der Waals surface area contributed by atoms with E-state index in [9.17, 15) is 9.59 Å². The Kier molecular flexibility index (Phi) is 5.42. The number of amides is 1. The second-order valence-corrected chi connectivity index (χ2v) is 8.75. The summed E-state index contributed by atoms with van der Waals surface area (Å²) < 4.78 is 7.74. The molecule has 0 aromatic carbocycles. The van der Waals surface area contributed by atoms with Crippen molar-refractivity contribution in [2.75, 3.05) is 14.1 Å². The van der Waals surface area contributed by atoms with Crippen molar-refractivity contribution in [1.82, 2.24) is 19.4 Å². The molecule has 7 nitrogen and oxygen atoms in total. The second-order valence-electron chi connectivity index (χ2n) is 7.58. The van der Waals surface area contributed by atoms with E-state index in [-0.39, 0.29) is 5.91 Å². The molecule has 3 rings (SSSR count). The van der Waals surface area contributed by atoms with Crippen molar-refractivity contribution >= 4 is 45.6 Å². The van der Waals surface area contributed by atoms with E-state index in [1.165, 1.54) is 9.47 Å². The predicted molar refractivity (Wildman–Crippen MR) is 115 cm³/mol. The maximum atomic E-state index is 12.5. The Morgan fingerprint density at radius 3 is 2.43 bits per heavy atom. The maximum Gasteiger partial charge on any atom is 0.420 e. The molecule has 0 aliphatic carbocycles. The molecule has 0 saturated carbocycles. The lowest BCUT2D eigenvalue weighted by Gasteiger charge is -2.19. The zero-order valence-electron chi connectivity index (χ0n) is 16.4. The van der Waals surface area contributed by atoms with Gasteiger partial charge in [0.05, 0.1) is 5.56 Å². The van der Waals surface area contributed by atoms with Gasteiger partial charge in [0, 0.05) is 59.0 Å². The average Bonchev–Trinajstić information content (AvgIpc) is 2.96. The first-order valence-electron chi connectivity index (χ1n) is 8.64. The van der Waals surface area contributed by atoms with Gasteiger partial charge >= 0.3 is 6.09 Å². The van der Waals surface area contributed by atoms with Crippen LogP contribution >= 0.6 is 22.6 Å². The number of hydrogen-bond donors (Lipinski definition) is 0. The molecule has 3 aromatic rings. The second kappa shape index (κ2) is 7.50. The van der Waals surface area contributed by atoms with E-state index < -0.39 is 11.7 Å². The average molecular weight is 492 g/mol. The molecule has 0 fully saturated rings. The summed E-state index contributed by atoms with van der Waals surface area (Å²) in [5.74, 6) is -0.117. The number of ether oxygens (including phenoxy) is 1. The Balaban J connectivity index is 2.03. The number of aromatic nitrogens is 3. The van der Waals surface area contributed by atoms with Crippen LogP contribution in [0.15, 0.2) is 36.9 Å². The third-order valence-corrected chi connectivity index (χ3v) is 4.77. The van der Waals surface area contributed by atoms with Crippen molar-refractivity contribution in [3.05, 3.63) is 46.1 Å². The van der Waals surface area contributed by atoms with Crippen molar-refractivity contribution in [1.29, 1.82) is 0 Å². The lowest BCUT2D eigenvalue weighted by atomic mass is 10.1. The molecule has 146 valence electrons. The summed E-state index contributed by atoms with van der Waals surface area (Å²) in [5, 5.41) is 0.827. The van der Waals surface area contributed by atoms with Gasteiger partial charge in [-0.15, -0.1) is 0 Å². The van der Waals surface area contributed by atoms with Gasteiger partial charge in [0.1, 0.15) is 5.60 Å². The molecule has 0 radical (unpaired) electrons. The Labute approximate surface area is 176 Å². The molecule has 8 heteroatoms. The molecule has 0 unspecified atom stereocenters. The molecule has 0 N–H and O–H groups in total. The molecule has 0 saturated heterocycles. The minimum Gasteiger partial charge on any atom is -0.443 e. The van der Waals surface area contributed by atoms with Gasteiger partial charge in [-0.3, -0.25) is 9.78 Å². The van der Waals surface area contributed by atoms with Crippen molar-refractivity contribution < 1.29 is 14.3 Å². The summed E-state index contributed by atoms with van der Waals surface area (Å²) >= 11 is 2.17. The normalized spacial score (nSPS) is 11.5. The number of fused-ring (bicyclic) bond motifs is 1. The number of hydrogen-bond acceptors (Lipinski definition) is 5. The van der Waals surface area contributed by atoms with Crippen molar-refractivity contribution in [3.8, 4) is 11.1 Å². The highest BCUT2D eigenvalue weighted by molar-refractivity contribution is 14.1. The highest BCUT2D eigenvalue weighted by Crippen LogP contribution is 2.28. The number of pyridine rings is 2. The Bertz CT molecular complexity index is 1070. The van der Waals surface area contributed by atoms with E-state index in [2.05, 4.69) is 32.6 Å². The number of nitrogens with zero attached hydrogens (tertiary/aromatic N) is 4. The Morgan fingerprint density at radius 1 is 1.11 bits per heavy atom. The Morgan fingerprint density at radius 2 is 1.79 bits per heavy atom. The minimum absolute atomic E-state index is 0.117. The molecular weight excluding hydrogens is 471 g/mol. The maximum absolute atomic E-state index is 12.5. The van der Waals surface area contributed by atoms with Gasteiger partial charge in [0.15, 0.2) is 5.65 Å². The van der Waals surface area contributed by atoms with Gasteiger partial charge in [-0.2, -0.15) is 0 Å². The van der Waals surface area contributed by atoms with E-state index in [1.54, 1.807) is 44.9 Å². The molecule has 0 aliphatic rings. The minimum atomic E-state index is -0.593. The lowest BCUT2D eigenvalue weighted by molar-refractivity contribution is 0.0543. The van der Waals surface area contributed by atoms with Gasteiger partial charge < -0.3 is 9.64 Å². The largest absolute Gasteiger partial charge is 0.443 e. The summed E-state index contributed by atoms with van der Waals surface area (Å²) in [6, 6.07) is 3.72. The van der Waals surface area contributed by atoms with Crippen LogP contribution < -0.4 is 0 Å². The summed E-state index contributed by atoms with van der Waals surface area (Å²) in [6.45, 7) is 5.46. The van der Waals surface area contributed by atoms with Gasteiger partial charge in [-0.05, 0) is 55.5 Å². The summed E-state index contributed by atoms with van der Waals surface area (Å²) in [5.41, 5.74) is 2.03. The first kappa shape index (κ1) is 20.2. The van der Waals surface area contributed by atoms with Gasteiger partial charge in [0.2, 0.25) is 0 Å². The number of carbonyl (C=O) groups excluding carboxylic acids is 2. The predicted octanol–water partition coefficient (Wildman–Crippen LogP) is 4.19. The lowest BCUT2D eigenvalue weighted by Crippen LogP contribution is -2.26. The van der Waals surface area contributed by atoms with Crippen molar-refractivity contribution in [2.24, 2.45) is 0 Å². The van der Waals surface area contributed by atoms with E-state index in [1.807, 2.05) is 26.8 Å². The highest BCUT2D eigenvalue weighted by atomic mass is 127. The number of rotatable bonds is 2.